The van der Waals surface area contributed by atoms with Crippen LogP contribution in [0.3, 0.4) is 0 Å². The predicted molar refractivity (Wildman–Crippen MR) is 93.1 cm³/mol. The fourth-order valence-electron chi connectivity index (χ4n) is 2.51. The maximum Gasteiger partial charge on any atom is 0.188 e. The zero-order chi connectivity index (χ0) is 15.8. The third kappa shape index (κ3) is 7.32. The van der Waals surface area contributed by atoms with Crippen LogP contribution >= 0.6 is 0 Å². The summed E-state index contributed by atoms with van der Waals surface area (Å²) in [7, 11) is -2.01. The van der Waals surface area contributed by atoms with Crippen molar-refractivity contribution in [1.82, 2.24) is 0 Å². The molecule has 2 nitrogen and oxygen atoms in total. The lowest BCUT2D eigenvalue weighted by atomic mass is 10.0. The van der Waals surface area contributed by atoms with E-state index in [1.165, 1.54) is 51.4 Å². The highest BCUT2D eigenvalue weighted by molar-refractivity contribution is 6.72. The summed E-state index contributed by atoms with van der Waals surface area (Å²) in [6.45, 7) is 8.58. The molecule has 0 aromatic carbocycles. The van der Waals surface area contributed by atoms with Crippen LogP contribution < -0.4 is 0 Å². The van der Waals surface area contributed by atoms with Gasteiger partial charge in [-0.05, 0) is 43.1 Å². The third-order valence-corrected chi connectivity index (χ3v) is 8.52. The minimum absolute atomic E-state index is 0.149. The van der Waals surface area contributed by atoms with E-state index in [1.807, 2.05) is 6.07 Å². The van der Waals surface area contributed by atoms with Crippen molar-refractivity contribution in [2.45, 2.75) is 89.8 Å². The van der Waals surface area contributed by atoms with Crippen LogP contribution in [0.5, 0.6) is 0 Å². The average Bonchev–Trinajstić information content (AvgIpc) is 2.88. The highest BCUT2D eigenvalue weighted by Gasteiger charge is 2.37. The van der Waals surface area contributed by atoms with E-state index in [-0.39, 0.29) is 5.04 Å². The maximum atomic E-state index is 10.3. The zero-order valence-electron chi connectivity index (χ0n) is 14.5. The monoisotopic (exact) mass is 310 g/mol. The fraction of sp³-hybridized carbons (Fsp3) is 0.778. The summed E-state index contributed by atoms with van der Waals surface area (Å²) >= 11 is 0. The molecule has 0 bridgehead atoms. The van der Waals surface area contributed by atoms with Crippen LogP contribution in [-0.4, -0.2) is 13.1 Å². The molecule has 1 heterocycles. The van der Waals surface area contributed by atoms with Crippen molar-refractivity contribution in [2.75, 3.05) is 0 Å². The van der Waals surface area contributed by atoms with Crippen molar-refractivity contribution in [2.24, 2.45) is 0 Å². The van der Waals surface area contributed by atoms with Crippen molar-refractivity contribution >= 4 is 8.32 Å². The summed E-state index contributed by atoms with van der Waals surface area (Å²) in [4.78, 5) is 10.3. The van der Waals surface area contributed by atoms with Crippen molar-refractivity contribution < 1.29 is 9.21 Å². The van der Waals surface area contributed by atoms with E-state index in [2.05, 4.69) is 33.0 Å². The lowest BCUT2D eigenvalue weighted by Gasteiger charge is -2.35. The standard InChI is InChI=1S/C18H34O2Si/c1-18(2,21(3,4)19)15-11-9-7-5-6-8-10-13-17-14-12-16-20-17/h12,14,16,19H,5-11,13,15H2,1-4H3. The second-order valence-electron chi connectivity index (χ2n) is 7.50. The highest BCUT2D eigenvalue weighted by atomic mass is 28.4. The Morgan fingerprint density at radius 2 is 1.57 bits per heavy atom. The van der Waals surface area contributed by atoms with Crippen LogP contribution in [0.25, 0.3) is 0 Å². The molecular formula is C18H34O2Si. The number of rotatable bonds is 11. The third-order valence-electron chi connectivity index (χ3n) is 4.96. The zero-order valence-corrected chi connectivity index (χ0v) is 15.5. The summed E-state index contributed by atoms with van der Waals surface area (Å²) in [5.74, 6) is 1.12. The number of aryl methyl sites for hydroxylation is 1. The van der Waals surface area contributed by atoms with Crippen LogP contribution in [0.4, 0.5) is 0 Å². The average molecular weight is 311 g/mol. The molecule has 3 heteroatoms. The molecule has 0 fully saturated rings. The van der Waals surface area contributed by atoms with Gasteiger partial charge in [-0.2, -0.15) is 0 Å². The van der Waals surface area contributed by atoms with Crippen LogP contribution in [0, 0.1) is 0 Å². The van der Waals surface area contributed by atoms with E-state index in [0.717, 1.165) is 12.2 Å². The van der Waals surface area contributed by atoms with E-state index < -0.39 is 8.32 Å². The van der Waals surface area contributed by atoms with E-state index >= 15 is 0 Å². The second kappa shape index (κ2) is 8.79. The molecule has 122 valence electrons. The maximum absolute atomic E-state index is 10.3. The quantitative estimate of drug-likeness (QED) is 0.406. The van der Waals surface area contributed by atoms with Gasteiger partial charge in [-0.1, -0.05) is 52.4 Å². The molecule has 0 amide bonds. The SMILES string of the molecule is CC(C)(CCCCCCCCCc1ccco1)[Si](C)(C)O. The highest BCUT2D eigenvalue weighted by Crippen LogP contribution is 2.40. The molecule has 0 aliphatic heterocycles. The first-order valence-electron chi connectivity index (χ1n) is 8.58. The Hall–Kier alpha value is -0.543. The Kier molecular flexibility index (Phi) is 7.75. The topological polar surface area (TPSA) is 33.4 Å². The number of unbranched alkanes of at least 4 members (excludes halogenated alkanes) is 6. The van der Waals surface area contributed by atoms with Crippen LogP contribution in [0.1, 0.15) is 71.0 Å². The Morgan fingerprint density at radius 3 is 2.10 bits per heavy atom. The molecular weight excluding hydrogens is 276 g/mol. The van der Waals surface area contributed by atoms with E-state index in [4.69, 9.17) is 4.42 Å². The van der Waals surface area contributed by atoms with Gasteiger partial charge in [0.1, 0.15) is 5.76 Å². The number of hydrogen-bond donors (Lipinski definition) is 1. The molecule has 0 radical (unpaired) electrons. The van der Waals surface area contributed by atoms with Crippen molar-refractivity contribution in [3.63, 3.8) is 0 Å². The van der Waals surface area contributed by atoms with Gasteiger partial charge in [-0.15, -0.1) is 0 Å². The van der Waals surface area contributed by atoms with Gasteiger partial charge in [0.25, 0.3) is 0 Å². The number of hydrogen-bond acceptors (Lipinski definition) is 2. The molecule has 0 aliphatic carbocycles. The molecule has 1 aromatic rings. The Balaban J connectivity index is 1.93. The van der Waals surface area contributed by atoms with Crippen LogP contribution in [-0.2, 0) is 6.42 Å². The molecule has 21 heavy (non-hydrogen) atoms. The van der Waals surface area contributed by atoms with Gasteiger partial charge in [-0.3, -0.25) is 0 Å². The summed E-state index contributed by atoms with van der Waals surface area (Å²) in [6, 6.07) is 4.03. The van der Waals surface area contributed by atoms with Crippen molar-refractivity contribution in [3.8, 4) is 0 Å². The molecule has 1 aromatic heterocycles. The Morgan fingerprint density at radius 1 is 1.00 bits per heavy atom. The van der Waals surface area contributed by atoms with E-state index in [9.17, 15) is 4.80 Å². The predicted octanol–water partition coefficient (Wildman–Crippen LogP) is 5.92. The van der Waals surface area contributed by atoms with E-state index in [0.29, 0.717) is 0 Å². The Bertz CT molecular complexity index is 363. The Labute approximate surface area is 132 Å². The van der Waals surface area contributed by atoms with Crippen LogP contribution in [0.2, 0.25) is 18.1 Å². The van der Waals surface area contributed by atoms with Crippen molar-refractivity contribution in [1.29, 1.82) is 0 Å². The second-order valence-corrected chi connectivity index (χ2v) is 12.0. The van der Waals surface area contributed by atoms with Crippen LogP contribution in [0.15, 0.2) is 22.8 Å². The normalized spacial score (nSPS) is 12.8. The summed E-state index contributed by atoms with van der Waals surface area (Å²) in [6.07, 6.45) is 13.1. The molecule has 1 rings (SSSR count). The van der Waals surface area contributed by atoms with Gasteiger partial charge >= 0.3 is 0 Å². The first-order chi connectivity index (χ1) is 9.83. The molecule has 0 atom stereocenters. The van der Waals surface area contributed by atoms with E-state index in [1.54, 1.807) is 6.26 Å². The van der Waals surface area contributed by atoms with Gasteiger partial charge < -0.3 is 9.21 Å². The first kappa shape index (κ1) is 18.5. The smallest absolute Gasteiger partial charge is 0.188 e. The van der Waals surface area contributed by atoms with Gasteiger partial charge in [0.05, 0.1) is 6.26 Å². The minimum Gasteiger partial charge on any atom is -0.469 e. The summed E-state index contributed by atoms with van der Waals surface area (Å²) < 4.78 is 5.34. The molecule has 1 N–H and O–H groups in total. The molecule has 0 spiro atoms. The lowest BCUT2D eigenvalue weighted by Crippen LogP contribution is -2.38. The van der Waals surface area contributed by atoms with Gasteiger partial charge in [-0.25, -0.2) is 0 Å². The van der Waals surface area contributed by atoms with Gasteiger partial charge in [0, 0.05) is 6.42 Å². The fourth-order valence-corrected chi connectivity index (χ4v) is 3.30. The largest absolute Gasteiger partial charge is 0.469 e. The minimum atomic E-state index is -2.01. The first-order valence-corrected chi connectivity index (χ1v) is 11.5. The summed E-state index contributed by atoms with van der Waals surface area (Å²) in [5, 5.41) is 0.149. The lowest BCUT2D eigenvalue weighted by molar-refractivity contribution is 0.432. The van der Waals surface area contributed by atoms with Gasteiger partial charge in [0.2, 0.25) is 0 Å². The van der Waals surface area contributed by atoms with Gasteiger partial charge in [0.15, 0.2) is 8.32 Å². The summed E-state index contributed by atoms with van der Waals surface area (Å²) in [5.41, 5.74) is 0. The molecule has 0 unspecified atom stereocenters. The molecule has 0 aliphatic rings. The van der Waals surface area contributed by atoms with Crippen molar-refractivity contribution in [3.05, 3.63) is 24.2 Å². The molecule has 0 saturated heterocycles. The molecule has 0 saturated carbocycles. The number of furan rings is 1.